The lowest BCUT2D eigenvalue weighted by molar-refractivity contribution is -0.111. The van der Waals surface area contributed by atoms with E-state index in [-0.39, 0.29) is 5.91 Å². The SMILES string of the molecule is COc1ccc(NC(=O)/C=C/c2cc3c(cn2)[nH]c2ccccc23)cc1OC. The number of nitrogens with zero attached hydrogens (tertiary/aromatic N) is 1. The Morgan fingerprint density at radius 1 is 1.00 bits per heavy atom. The van der Waals surface area contributed by atoms with Crippen LogP contribution in [0.5, 0.6) is 11.5 Å². The van der Waals surface area contributed by atoms with Crippen molar-refractivity contribution >= 4 is 39.5 Å². The molecule has 2 heterocycles. The third-order valence-electron chi connectivity index (χ3n) is 4.47. The molecule has 2 aromatic heterocycles. The van der Waals surface area contributed by atoms with Gasteiger partial charge in [0.2, 0.25) is 5.91 Å². The Morgan fingerprint density at radius 2 is 1.82 bits per heavy atom. The van der Waals surface area contributed by atoms with Gasteiger partial charge in [0, 0.05) is 34.1 Å². The summed E-state index contributed by atoms with van der Waals surface area (Å²) in [7, 11) is 3.12. The van der Waals surface area contributed by atoms with Crippen molar-refractivity contribution in [1.82, 2.24) is 9.97 Å². The van der Waals surface area contributed by atoms with Gasteiger partial charge in [-0.3, -0.25) is 9.78 Å². The highest BCUT2D eigenvalue weighted by Crippen LogP contribution is 2.29. The number of hydrogen-bond donors (Lipinski definition) is 2. The van der Waals surface area contributed by atoms with Gasteiger partial charge >= 0.3 is 0 Å². The topological polar surface area (TPSA) is 76.2 Å². The number of hydrogen-bond acceptors (Lipinski definition) is 4. The Balaban J connectivity index is 1.53. The number of anilines is 1. The number of carbonyl (C=O) groups is 1. The van der Waals surface area contributed by atoms with Crippen LogP contribution < -0.4 is 14.8 Å². The van der Waals surface area contributed by atoms with Crippen LogP contribution in [-0.4, -0.2) is 30.1 Å². The molecule has 0 fully saturated rings. The number of nitrogens with one attached hydrogen (secondary N) is 2. The molecular weight excluding hydrogens is 354 g/mol. The number of ether oxygens (including phenoxy) is 2. The smallest absolute Gasteiger partial charge is 0.248 e. The molecule has 0 saturated heterocycles. The zero-order chi connectivity index (χ0) is 19.5. The molecule has 0 aliphatic carbocycles. The highest BCUT2D eigenvalue weighted by Gasteiger charge is 2.07. The number of amides is 1. The first-order chi connectivity index (χ1) is 13.7. The largest absolute Gasteiger partial charge is 0.493 e. The van der Waals surface area contributed by atoms with Gasteiger partial charge in [-0.05, 0) is 30.3 Å². The minimum absolute atomic E-state index is 0.256. The van der Waals surface area contributed by atoms with Crippen LogP contribution in [-0.2, 0) is 4.79 Å². The zero-order valence-electron chi connectivity index (χ0n) is 15.5. The van der Waals surface area contributed by atoms with E-state index in [1.54, 1.807) is 44.7 Å². The van der Waals surface area contributed by atoms with E-state index in [0.29, 0.717) is 22.9 Å². The average molecular weight is 373 g/mol. The summed E-state index contributed by atoms with van der Waals surface area (Å²) in [5.74, 6) is 0.899. The van der Waals surface area contributed by atoms with Crippen molar-refractivity contribution in [2.75, 3.05) is 19.5 Å². The quantitative estimate of drug-likeness (QED) is 0.509. The van der Waals surface area contributed by atoms with Gasteiger partial charge in [-0.25, -0.2) is 0 Å². The maximum absolute atomic E-state index is 12.3. The fourth-order valence-electron chi connectivity index (χ4n) is 3.12. The van der Waals surface area contributed by atoms with Gasteiger partial charge in [0.25, 0.3) is 0 Å². The number of benzene rings is 2. The number of pyridine rings is 1. The van der Waals surface area contributed by atoms with E-state index in [1.165, 1.54) is 6.08 Å². The second-order valence-electron chi connectivity index (χ2n) is 6.22. The Labute approximate surface area is 161 Å². The van der Waals surface area contributed by atoms with Gasteiger partial charge in [0.1, 0.15) is 0 Å². The number of aromatic nitrogens is 2. The monoisotopic (exact) mass is 373 g/mol. The third kappa shape index (κ3) is 3.40. The van der Waals surface area contributed by atoms with Gasteiger partial charge in [0.15, 0.2) is 11.5 Å². The number of rotatable bonds is 5. The van der Waals surface area contributed by atoms with Crippen LogP contribution in [0.3, 0.4) is 0 Å². The molecule has 28 heavy (non-hydrogen) atoms. The lowest BCUT2D eigenvalue weighted by Crippen LogP contribution is -2.08. The number of H-pyrrole nitrogens is 1. The number of carbonyl (C=O) groups excluding carboxylic acids is 1. The van der Waals surface area contributed by atoms with E-state index in [9.17, 15) is 4.79 Å². The minimum Gasteiger partial charge on any atom is -0.493 e. The van der Waals surface area contributed by atoms with E-state index in [0.717, 1.165) is 21.8 Å². The molecule has 1 amide bonds. The number of aromatic amines is 1. The van der Waals surface area contributed by atoms with E-state index >= 15 is 0 Å². The molecule has 0 atom stereocenters. The van der Waals surface area contributed by atoms with Crippen molar-refractivity contribution in [3.63, 3.8) is 0 Å². The van der Waals surface area contributed by atoms with Gasteiger partial charge in [0.05, 0.1) is 31.6 Å². The third-order valence-corrected chi connectivity index (χ3v) is 4.47. The summed E-state index contributed by atoms with van der Waals surface area (Å²) in [6.45, 7) is 0. The number of methoxy groups -OCH3 is 2. The molecule has 0 unspecified atom stereocenters. The van der Waals surface area contributed by atoms with Crippen LogP contribution in [0.15, 0.2) is 60.8 Å². The molecule has 4 rings (SSSR count). The first-order valence-electron chi connectivity index (χ1n) is 8.75. The summed E-state index contributed by atoms with van der Waals surface area (Å²) in [5, 5.41) is 5.01. The summed E-state index contributed by atoms with van der Waals surface area (Å²) >= 11 is 0. The normalized spacial score (nSPS) is 11.2. The van der Waals surface area contributed by atoms with Crippen LogP contribution in [0.1, 0.15) is 5.69 Å². The maximum atomic E-state index is 12.3. The summed E-state index contributed by atoms with van der Waals surface area (Å²) in [6.07, 6.45) is 4.93. The molecule has 2 N–H and O–H groups in total. The van der Waals surface area contributed by atoms with E-state index < -0.39 is 0 Å². The first-order valence-corrected chi connectivity index (χ1v) is 8.75. The van der Waals surface area contributed by atoms with Crippen LogP contribution >= 0.6 is 0 Å². The maximum Gasteiger partial charge on any atom is 0.248 e. The zero-order valence-corrected chi connectivity index (χ0v) is 15.5. The van der Waals surface area contributed by atoms with Crippen LogP contribution in [0, 0.1) is 0 Å². The molecule has 0 spiro atoms. The fourth-order valence-corrected chi connectivity index (χ4v) is 3.12. The van der Waals surface area contributed by atoms with E-state index in [1.807, 2.05) is 24.3 Å². The molecule has 0 aliphatic rings. The van der Waals surface area contributed by atoms with Gasteiger partial charge in [-0.1, -0.05) is 18.2 Å². The summed E-state index contributed by atoms with van der Waals surface area (Å²) in [5.41, 5.74) is 3.35. The van der Waals surface area contributed by atoms with Gasteiger partial charge in [-0.15, -0.1) is 0 Å². The van der Waals surface area contributed by atoms with Crippen molar-refractivity contribution in [3.05, 3.63) is 66.5 Å². The highest BCUT2D eigenvalue weighted by atomic mass is 16.5. The Morgan fingerprint density at radius 3 is 2.64 bits per heavy atom. The second kappa shape index (κ2) is 7.44. The van der Waals surface area contributed by atoms with Crippen molar-refractivity contribution in [2.24, 2.45) is 0 Å². The molecule has 6 nitrogen and oxygen atoms in total. The lowest BCUT2D eigenvalue weighted by atomic mass is 10.1. The summed E-state index contributed by atoms with van der Waals surface area (Å²) in [4.78, 5) is 20.0. The highest BCUT2D eigenvalue weighted by molar-refractivity contribution is 6.07. The molecule has 2 aromatic carbocycles. The molecule has 0 radical (unpaired) electrons. The van der Waals surface area contributed by atoms with Crippen molar-refractivity contribution in [1.29, 1.82) is 0 Å². The lowest BCUT2D eigenvalue weighted by Gasteiger charge is -2.09. The van der Waals surface area contributed by atoms with Crippen LogP contribution in [0.25, 0.3) is 27.9 Å². The van der Waals surface area contributed by atoms with Gasteiger partial charge < -0.3 is 19.8 Å². The molecule has 4 aromatic rings. The minimum atomic E-state index is -0.256. The van der Waals surface area contributed by atoms with Crippen LogP contribution in [0.4, 0.5) is 5.69 Å². The second-order valence-corrected chi connectivity index (χ2v) is 6.22. The Kier molecular flexibility index (Phi) is 4.68. The number of para-hydroxylation sites is 1. The molecular formula is C22H19N3O3. The van der Waals surface area contributed by atoms with Crippen molar-refractivity contribution < 1.29 is 14.3 Å². The summed E-state index contributed by atoms with van der Waals surface area (Å²) < 4.78 is 10.4. The molecule has 0 saturated carbocycles. The van der Waals surface area contributed by atoms with Crippen LogP contribution in [0.2, 0.25) is 0 Å². The fraction of sp³-hybridized carbons (Fsp3) is 0.0909. The van der Waals surface area contributed by atoms with E-state index in [2.05, 4.69) is 21.4 Å². The molecule has 0 aliphatic heterocycles. The average Bonchev–Trinajstić information content (AvgIpc) is 3.10. The Bertz CT molecular complexity index is 1190. The molecule has 6 heteroatoms. The van der Waals surface area contributed by atoms with E-state index in [4.69, 9.17) is 9.47 Å². The van der Waals surface area contributed by atoms with Crippen molar-refractivity contribution in [3.8, 4) is 11.5 Å². The predicted octanol–water partition coefficient (Wildman–Crippen LogP) is 4.39. The molecule has 0 bridgehead atoms. The first kappa shape index (κ1) is 17.6. The Hall–Kier alpha value is -3.80. The van der Waals surface area contributed by atoms with Crippen molar-refractivity contribution in [2.45, 2.75) is 0 Å². The van der Waals surface area contributed by atoms with Gasteiger partial charge in [-0.2, -0.15) is 0 Å². The predicted molar refractivity (Wildman–Crippen MR) is 111 cm³/mol. The summed E-state index contributed by atoms with van der Waals surface area (Å²) in [6, 6.07) is 15.3. The number of fused-ring (bicyclic) bond motifs is 3. The standard InChI is InChI=1S/C22H19N3O3/c1-27-20-9-7-15(12-21(20)28-2)24-22(26)10-8-14-11-17-16-5-3-4-6-18(16)25-19(17)13-23-14/h3-13,25H,1-2H3,(H,24,26)/b10-8+. The molecule has 140 valence electrons.